The molecule has 2 N–H and O–H groups in total. The molecule has 0 saturated heterocycles. The first kappa shape index (κ1) is 16.1. The molecular weight excluding hydrogens is 248 g/mol. The molecule has 0 radical (unpaired) electrons. The molecule has 2 unspecified atom stereocenters. The van der Waals surface area contributed by atoms with Crippen LogP contribution >= 0.6 is 0 Å². The Balaban J connectivity index is 2.47. The zero-order valence-electron chi connectivity index (χ0n) is 11.6. The van der Waals surface area contributed by atoms with Gasteiger partial charge in [-0.25, -0.2) is 8.78 Å². The van der Waals surface area contributed by atoms with E-state index < -0.39 is 17.7 Å². The number of hydrogen-bond donors (Lipinski definition) is 2. The van der Waals surface area contributed by atoms with E-state index in [-0.39, 0.29) is 11.6 Å². The van der Waals surface area contributed by atoms with Gasteiger partial charge < -0.3 is 10.4 Å². The molecule has 1 aromatic carbocycles. The minimum atomic E-state index is -1.04. The van der Waals surface area contributed by atoms with Crippen molar-refractivity contribution in [3.8, 4) is 0 Å². The average molecular weight is 271 g/mol. The lowest BCUT2D eigenvalue weighted by molar-refractivity contribution is 0.131. The van der Waals surface area contributed by atoms with E-state index in [1.54, 1.807) is 6.92 Å². The molecule has 0 heterocycles. The summed E-state index contributed by atoms with van der Waals surface area (Å²) in [6.07, 6.45) is 3.49. The van der Waals surface area contributed by atoms with E-state index in [2.05, 4.69) is 12.2 Å². The van der Waals surface area contributed by atoms with Crippen molar-refractivity contribution in [2.45, 2.75) is 51.7 Å². The third-order valence-electron chi connectivity index (χ3n) is 3.25. The van der Waals surface area contributed by atoms with Crippen LogP contribution in [0.2, 0.25) is 0 Å². The predicted molar refractivity (Wildman–Crippen MR) is 72.9 cm³/mol. The van der Waals surface area contributed by atoms with Crippen LogP contribution in [0.3, 0.4) is 0 Å². The Hall–Kier alpha value is -1.00. The molecule has 0 aliphatic rings. The Kier molecular flexibility index (Phi) is 6.95. The molecule has 0 aliphatic heterocycles. The van der Waals surface area contributed by atoms with Gasteiger partial charge in [0.05, 0.1) is 6.10 Å². The summed E-state index contributed by atoms with van der Waals surface area (Å²) in [6, 6.07) is 2.84. The van der Waals surface area contributed by atoms with Gasteiger partial charge in [0.15, 0.2) is 0 Å². The quantitative estimate of drug-likeness (QED) is 0.709. The van der Waals surface area contributed by atoms with Crippen molar-refractivity contribution in [2.24, 2.45) is 0 Å². The summed E-state index contributed by atoms with van der Waals surface area (Å²) in [5, 5.41) is 13.2. The first-order valence-corrected chi connectivity index (χ1v) is 6.92. The van der Waals surface area contributed by atoms with Crippen LogP contribution < -0.4 is 5.32 Å². The number of halogens is 2. The minimum absolute atomic E-state index is 0.00792. The number of nitrogens with one attached hydrogen (secondary N) is 1. The number of aliphatic hydroxyl groups is 1. The highest BCUT2D eigenvalue weighted by molar-refractivity contribution is 5.22. The van der Waals surface area contributed by atoms with Gasteiger partial charge >= 0.3 is 0 Å². The van der Waals surface area contributed by atoms with Crippen molar-refractivity contribution in [1.29, 1.82) is 0 Å². The van der Waals surface area contributed by atoms with Gasteiger partial charge in [-0.2, -0.15) is 0 Å². The summed E-state index contributed by atoms with van der Waals surface area (Å²) in [5.41, 5.74) is 0.00792. The molecule has 0 aromatic heterocycles. The molecule has 2 nitrogen and oxygen atoms in total. The third kappa shape index (κ3) is 5.25. The number of hydrogen-bond acceptors (Lipinski definition) is 2. The molecular formula is C15H23F2NO. The maximum absolute atomic E-state index is 13.5. The standard InChI is InChI=1S/C15H23F2NO/c1-3-4-5-6-9-18-11(2)15(19)13-10-12(16)7-8-14(13)17/h7-8,10-11,15,18-19H,3-6,9H2,1-2H3. The first-order chi connectivity index (χ1) is 9.06. The van der Waals surface area contributed by atoms with Crippen molar-refractivity contribution in [1.82, 2.24) is 5.32 Å². The van der Waals surface area contributed by atoms with Gasteiger partial charge in [-0.1, -0.05) is 26.2 Å². The lowest BCUT2D eigenvalue weighted by Crippen LogP contribution is -2.33. The fourth-order valence-electron chi connectivity index (χ4n) is 2.00. The van der Waals surface area contributed by atoms with Gasteiger partial charge in [0.25, 0.3) is 0 Å². The van der Waals surface area contributed by atoms with E-state index in [1.807, 2.05) is 0 Å². The lowest BCUT2D eigenvalue weighted by atomic mass is 10.0. The largest absolute Gasteiger partial charge is 0.387 e. The molecule has 1 rings (SSSR count). The Bertz CT molecular complexity index is 384. The Labute approximate surface area is 113 Å². The van der Waals surface area contributed by atoms with Gasteiger partial charge in [-0.3, -0.25) is 0 Å². The maximum atomic E-state index is 13.5. The molecule has 0 fully saturated rings. The Morgan fingerprint density at radius 1 is 1.21 bits per heavy atom. The highest BCUT2D eigenvalue weighted by Crippen LogP contribution is 2.21. The van der Waals surface area contributed by atoms with Gasteiger partial charge in [0.1, 0.15) is 11.6 Å². The van der Waals surface area contributed by atoms with Crippen LogP contribution in [0.15, 0.2) is 18.2 Å². The molecule has 1 aromatic rings. The summed E-state index contributed by atoms with van der Waals surface area (Å²) in [7, 11) is 0. The molecule has 0 saturated carbocycles. The van der Waals surface area contributed by atoms with E-state index in [4.69, 9.17) is 0 Å². The second kappa shape index (κ2) is 8.23. The van der Waals surface area contributed by atoms with Crippen LogP contribution in [-0.2, 0) is 0 Å². The van der Waals surface area contributed by atoms with Crippen molar-refractivity contribution in [3.05, 3.63) is 35.4 Å². The van der Waals surface area contributed by atoms with Crippen LogP contribution in [-0.4, -0.2) is 17.7 Å². The van der Waals surface area contributed by atoms with Crippen LogP contribution in [0.5, 0.6) is 0 Å². The van der Waals surface area contributed by atoms with E-state index >= 15 is 0 Å². The highest BCUT2D eigenvalue weighted by atomic mass is 19.1. The Morgan fingerprint density at radius 3 is 2.63 bits per heavy atom. The zero-order chi connectivity index (χ0) is 14.3. The maximum Gasteiger partial charge on any atom is 0.129 e. The number of benzene rings is 1. The van der Waals surface area contributed by atoms with Gasteiger partial charge in [0.2, 0.25) is 0 Å². The summed E-state index contributed by atoms with van der Waals surface area (Å²) in [5.74, 6) is -1.11. The van der Waals surface area contributed by atoms with Crippen molar-refractivity contribution < 1.29 is 13.9 Å². The van der Waals surface area contributed by atoms with Crippen LogP contribution in [0.1, 0.15) is 51.2 Å². The van der Waals surface area contributed by atoms with Gasteiger partial charge in [0, 0.05) is 11.6 Å². The van der Waals surface area contributed by atoms with E-state index in [0.717, 1.165) is 37.6 Å². The normalized spacial score (nSPS) is 14.4. The van der Waals surface area contributed by atoms with E-state index in [1.165, 1.54) is 12.8 Å². The third-order valence-corrected chi connectivity index (χ3v) is 3.25. The number of aliphatic hydroxyl groups excluding tert-OH is 1. The Morgan fingerprint density at radius 2 is 1.95 bits per heavy atom. The molecule has 0 amide bonds. The summed E-state index contributed by atoms with van der Waals surface area (Å²) >= 11 is 0. The lowest BCUT2D eigenvalue weighted by Gasteiger charge is -2.21. The first-order valence-electron chi connectivity index (χ1n) is 6.92. The van der Waals surface area contributed by atoms with Crippen LogP contribution in [0.25, 0.3) is 0 Å². The zero-order valence-corrected chi connectivity index (χ0v) is 11.6. The molecule has 0 aliphatic carbocycles. The van der Waals surface area contributed by atoms with Gasteiger partial charge in [-0.05, 0) is 38.1 Å². The molecule has 0 bridgehead atoms. The topological polar surface area (TPSA) is 32.3 Å². The fraction of sp³-hybridized carbons (Fsp3) is 0.600. The number of unbranched alkanes of at least 4 members (excludes halogenated alkanes) is 3. The summed E-state index contributed by atoms with van der Waals surface area (Å²) < 4.78 is 26.6. The van der Waals surface area contributed by atoms with Gasteiger partial charge in [-0.15, -0.1) is 0 Å². The molecule has 108 valence electrons. The SMILES string of the molecule is CCCCCCNC(C)C(O)c1cc(F)ccc1F. The smallest absolute Gasteiger partial charge is 0.129 e. The monoisotopic (exact) mass is 271 g/mol. The molecule has 4 heteroatoms. The fourth-order valence-corrected chi connectivity index (χ4v) is 2.00. The van der Waals surface area contributed by atoms with E-state index in [9.17, 15) is 13.9 Å². The highest BCUT2D eigenvalue weighted by Gasteiger charge is 2.19. The van der Waals surface area contributed by atoms with Crippen molar-refractivity contribution >= 4 is 0 Å². The molecule has 0 spiro atoms. The summed E-state index contributed by atoms with van der Waals surface area (Å²) in [6.45, 7) is 4.69. The second-order valence-electron chi connectivity index (χ2n) is 4.91. The average Bonchev–Trinajstić information content (AvgIpc) is 2.40. The van der Waals surface area contributed by atoms with Crippen molar-refractivity contribution in [3.63, 3.8) is 0 Å². The van der Waals surface area contributed by atoms with Crippen LogP contribution in [0, 0.1) is 11.6 Å². The minimum Gasteiger partial charge on any atom is -0.387 e. The second-order valence-corrected chi connectivity index (χ2v) is 4.91. The number of rotatable bonds is 8. The van der Waals surface area contributed by atoms with Crippen LogP contribution in [0.4, 0.5) is 8.78 Å². The molecule has 2 atom stereocenters. The van der Waals surface area contributed by atoms with E-state index in [0.29, 0.717) is 0 Å². The molecule has 19 heavy (non-hydrogen) atoms. The summed E-state index contributed by atoms with van der Waals surface area (Å²) in [4.78, 5) is 0. The predicted octanol–water partition coefficient (Wildman–Crippen LogP) is 3.56. The van der Waals surface area contributed by atoms with Crippen molar-refractivity contribution in [2.75, 3.05) is 6.54 Å².